The number of hydrogen-bond acceptors (Lipinski definition) is 5. The molecule has 0 saturated carbocycles. The molecule has 0 aliphatic rings. The Morgan fingerprint density at radius 2 is 1.58 bits per heavy atom. The predicted octanol–water partition coefficient (Wildman–Crippen LogP) is 5.95. The third-order valence-corrected chi connectivity index (χ3v) is 7.57. The van der Waals surface area contributed by atoms with Crippen LogP contribution in [-0.4, -0.2) is 8.42 Å². The van der Waals surface area contributed by atoms with Gasteiger partial charge in [0.2, 0.25) is 9.84 Å². The highest BCUT2D eigenvalue weighted by Crippen LogP contribution is 2.33. The number of rotatable bonds is 7. The normalized spacial score (nSPS) is 12.1. The van der Waals surface area contributed by atoms with Gasteiger partial charge in [0.25, 0.3) is 0 Å². The van der Waals surface area contributed by atoms with Gasteiger partial charge in [-0.1, -0.05) is 48.5 Å². The van der Waals surface area contributed by atoms with Gasteiger partial charge in [-0.25, -0.2) is 12.8 Å². The minimum atomic E-state index is -4.03. The first-order valence-electron chi connectivity index (χ1n) is 9.48. The maximum absolute atomic E-state index is 13.2. The van der Waals surface area contributed by atoms with Crippen molar-refractivity contribution >= 4 is 27.3 Å². The predicted molar refractivity (Wildman–Crippen MR) is 124 cm³/mol. The summed E-state index contributed by atoms with van der Waals surface area (Å²) in [6.45, 7) is 3.82. The minimum Gasteiger partial charge on any atom is -0.348 e. The lowest BCUT2D eigenvalue weighted by Crippen LogP contribution is -2.11. The molecule has 0 saturated heterocycles. The van der Waals surface area contributed by atoms with Crippen LogP contribution >= 0.6 is 11.8 Å². The SMILES string of the molecule is Cc1cccc(C)c1NC(SCc1ccc(F)cc1)=C(C#N)S(=O)(=O)c1ccccc1. The molecule has 0 aliphatic carbocycles. The van der Waals surface area contributed by atoms with Crippen molar-refractivity contribution in [1.29, 1.82) is 5.26 Å². The van der Waals surface area contributed by atoms with E-state index in [1.165, 1.54) is 36.0 Å². The van der Waals surface area contributed by atoms with Gasteiger partial charge < -0.3 is 5.32 Å². The van der Waals surface area contributed by atoms with Gasteiger partial charge in [0.1, 0.15) is 16.9 Å². The van der Waals surface area contributed by atoms with Crippen LogP contribution in [0.4, 0.5) is 10.1 Å². The van der Waals surface area contributed by atoms with Gasteiger partial charge in [-0.3, -0.25) is 0 Å². The third kappa shape index (κ3) is 5.35. The molecule has 0 radical (unpaired) electrons. The van der Waals surface area contributed by atoms with E-state index >= 15 is 0 Å². The number of halogens is 1. The van der Waals surface area contributed by atoms with E-state index in [9.17, 15) is 18.1 Å². The summed E-state index contributed by atoms with van der Waals surface area (Å²) in [5.41, 5.74) is 3.41. The topological polar surface area (TPSA) is 70.0 Å². The summed E-state index contributed by atoms with van der Waals surface area (Å²) >= 11 is 1.19. The van der Waals surface area contributed by atoms with E-state index in [-0.39, 0.29) is 20.6 Å². The zero-order valence-corrected chi connectivity index (χ0v) is 18.7. The van der Waals surface area contributed by atoms with Crippen LogP contribution in [-0.2, 0) is 15.6 Å². The molecule has 0 aliphatic heterocycles. The molecule has 3 rings (SSSR count). The summed E-state index contributed by atoms with van der Waals surface area (Å²) in [5.74, 6) is 0.0193. The van der Waals surface area contributed by atoms with E-state index in [1.54, 1.807) is 30.3 Å². The van der Waals surface area contributed by atoms with Gasteiger partial charge in [-0.15, -0.1) is 11.8 Å². The third-order valence-electron chi connectivity index (χ3n) is 4.65. The Bertz CT molecular complexity index is 1230. The highest BCUT2D eigenvalue weighted by atomic mass is 32.2. The number of benzene rings is 3. The van der Waals surface area contributed by atoms with E-state index in [2.05, 4.69) is 5.32 Å². The number of sulfone groups is 1. The number of para-hydroxylation sites is 1. The molecule has 158 valence electrons. The van der Waals surface area contributed by atoms with Crippen LogP contribution in [0.2, 0.25) is 0 Å². The molecule has 0 aromatic heterocycles. The van der Waals surface area contributed by atoms with E-state index in [0.717, 1.165) is 22.4 Å². The molecule has 3 aromatic rings. The van der Waals surface area contributed by atoms with Gasteiger partial charge in [-0.2, -0.15) is 5.26 Å². The lowest BCUT2D eigenvalue weighted by atomic mass is 10.1. The second-order valence-corrected chi connectivity index (χ2v) is 9.77. The lowest BCUT2D eigenvalue weighted by molar-refractivity contribution is 0.603. The summed E-state index contributed by atoms with van der Waals surface area (Å²) in [6.07, 6.45) is 0. The van der Waals surface area contributed by atoms with Crippen LogP contribution in [0.1, 0.15) is 16.7 Å². The number of hydrogen-bond donors (Lipinski definition) is 1. The second-order valence-electron chi connectivity index (χ2n) is 6.89. The van der Waals surface area contributed by atoms with Crippen LogP contribution < -0.4 is 5.32 Å². The fourth-order valence-electron chi connectivity index (χ4n) is 2.97. The molecular formula is C24H21FN2O2S2. The summed E-state index contributed by atoms with van der Waals surface area (Å²) in [5, 5.41) is 13.3. The summed E-state index contributed by atoms with van der Waals surface area (Å²) < 4.78 is 39.7. The number of allylic oxidation sites excluding steroid dienone is 1. The Hall–Kier alpha value is -3.08. The van der Waals surface area contributed by atoms with Crippen LogP contribution in [0.15, 0.2) is 87.6 Å². The number of nitriles is 1. The second kappa shape index (κ2) is 9.82. The Morgan fingerprint density at radius 3 is 2.16 bits per heavy atom. The molecule has 0 unspecified atom stereocenters. The van der Waals surface area contributed by atoms with Crippen molar-refractivity contribution in [3.8, 4) is 6.07 Å². The lowest BCUT2D eigenvalue weighted by Gasteiger charge is -2.17. The monoisotopic (exact) mass is 452 g/mol. The average molecular weight is 453 g/mol. The van der Waals surface area contributed by atoms with Gasteiger partial charge in [0.05, 0.1) is 4.90 Å². The molecular weight excluding hydrogens is 431 g/mol. The van der Waals surface area contributed by atoms with E-state index in [1.807, 2.05) is 38.1 Å². The van der Waals surface area contributed by atoms with Crippen molar-refractivity contribution in [3.63, 3.8) is 0 Å². The van der Waals surface area contributed by atoms with Crippen molar-refractivity contribution in [3.05, 3.63) is 105 Å². The summed E-state index contributed by atoms with van der Waals surface area (Å²) in [7, 11) is -4.03. The molecule has 0 atom stereocenters. The largest absolute Gasteiger partial charge is 0.348 e. The van der Waals surface area contributed by atoms with Gasteiger partial charge in [0.15, 0.2) is 4.91 Å². The summed E-state index contributed by atoms with van der Waals surface area (Å²) in [4.78, 5) is -0.303. The zero-order valence-electron chi connectivity index (χ0n) is 17.1. The number of nitrogens with zero attached hydrogens (tertiary/aromatic N) is 1. The quantitative estimate of drug-likeness (QED) is 0.448. The van der Waals surface area contributed by atoms with Gasteiger partial charge in [-0.05, 0) is 54.8 Å². The van der Waals surface area contributed by atoms with E-state index in [0.29, 0.717) is 5.75 Å². The Labute approximate surface area is 186 Å². The van der Waals surface area contributed by atoms with Crippen LogP contribution in [0.25, 0.3) is 0 Å². The Balaban J connectivity index is 2.08. The first kappa shape index (κ1) is 22.6. The number of aryl methyl sites for hydroxylation is 2. The zero-order chi connectivity index (χ0) is 22.4. The van der Waals surface area contributed by atoms with E-state index < -0.39 is 9.84 Å². The maximum atomic E-state index is 13.2. The molecule has 0 fully saturated rings. The Morgan fingerprint density at radius 1 is 0.968 bits per heavy atom. The molecule has 0 bridgehead atoms. The number of thioether (sulfide) groups is 1. The first-order valence-corrected chi connectivity index (χ1v) is 11.9. The molecule has 7 heteroatoms. The van der Waals surface area contributed by atoms with Crippen molar-refractivity contribution in [1.82, 2.24) is 0 Å². The maximum Gasteiger partial charge on any atom is 0.219 e. The van der Waals surface area contributed by atoms with Crippen molar-refractivity contribution < 1.29 is 12.8 Å². The summed E-state index contributed by atoms with van der Waals surface area (Å²) in [6, 6.07) is 21.5. The smallest absolute Gasteiger partial charge is 0.219 e. The fourth-order valence-corrected chi connectivity index (χ4v) is 5.50. The first-order chi connectivity index (χ1) is 14.8. The van der Waals surface area contributed by atoms with Crippen molar-refractivity contribution in [2.45, 2.75) is 24.5 Å². The van der Waals surface area contributed by atoms with E-state index in [4.69, 9.17) is 0 Å². The van der Waals surface area contributed by atoms with Gasteiger partial charge >= 0.3 is 0 Å². The highest BCUT2D eigenvalue weighted by Gasteiger charge is 2.26. The van der Waals surface area contributed by atoms with Crippen LogP contribution in [0.3, 0.4) is 0 Å². The van der Waals surface area contributed by atoms with Crippen LogP contribution in [0.5, 0.6) is 0 Å². The van der Waals surface area contributed by atoms with Crippen molar-refractivity contribution in [2.75, 3.05) is 5.32 Å². The fraction of sp³-hybridized carbons (Fsp3) is 0.125. The number of nitrogens with one attached hydrogen (secondary N) is 1. The molecule has 0 heterocycles. The molecule has 1 N–H and O–H groups in total. The van der Waals surface area contributed by atoms with Crippen molar-refractivity contribution in [2.24, 2.45) is 0 Å². The molecule has 3 aromatic carbocycles. The molecule has 31 heavy (non-hydrogen) atoms. The number of anilines is 1. The highest BCUT2D eigenvalue weighted by molar-refractivity contribution is 8.04. The molecule has 4 nitrogen and oxygen atoms in total. The standard InChI is InChI=1S/C24H21FN2O2S2/c1-17-7-6-8-18(2)23(17)27-24(30-16-19-11-13-20(25)14-12-19)22(15-26)31(28,29)21-9-4-3-5-10-21/h3-14,27H,16H2,1-2H3. The van der Waals surface area contributed by atoms with Gasteiger partial charge in [0, 0.05) is 11.4 Å². The average Bonchev–Trinajstić information content (AvgIpc) is 2.76. The molecule has 0 spiro atoms. The van der Waals surface area contributed by atoms with Crippen LogP contribution in [0, 0.1) is 31.0 Å². The molecule has 0 amide bonds. The Kier molecular flexibility index (Phi) is 7.16. The minimum absolute atomic E-state index is 0.0507.